The minimum absolute atomic E-state index is 0.372. The van der Waals surface area contributed by atoms with Crippen molar-refractivity contribution in [3.8, 4) is 0 Å². The Morgan fingerprint density at radius 1 is 0.739 bits per heavy atom. The summed E-state index contributed by atoms with van der Waals surface area (Å²) in [6.45, 7) is 0. The van der Waals surface area contributed by atoms with Gasteiger partial charge in [-0.3, -0.25) is 0 Å². The third-order valence-electron chi connectivity index (χ3n) is 5.20. The first-order valence-electron chi connectivity index (χ1n) is 8.29. The van der Waals surface area contributed by atoms with Crippen molar-refractivity contribution in [1.82, 2.24) is 0 Å². The van der Waals surface area contributed by atoms with Crippen molar-refractivity contribution < 1.29 is 0 Å². The molecule has 0 saturated heterocycles. The maximum atomic E-state index is 5.87. The molecule has 0 atom stereocenters. The first kappa shape index (κ1) is 14.1. The number of aryl methyl sites for hydroxylation is 1. The molecule has 0 heterocycles. The maximum Gasteiger partial charge on any atom is 0.0320 e. The van der Waals surface area contributed by atoms with Gasteiger partial charge in [0, 0.05) is 11.4 Å². The van der Waals surface area contributed by atoms with Gasteiger partial charge < -0.3 is 11.5 Å². The standard InChI is InChI=1S/C21H22N2/c22-19-6-1-15(2-7-19)9-10-21(11-12-21)18-5-3-17-14-20(23)8-4-16(17)13-18/h1-8,13-14H,9-12,22-23H2. The van der Waals surface area contributed by atoms with E-state index in [9.17, 15) is 0 Å². The van der Waals surface area contributed by atoms with Gasteiger partial charge in [0.1, 0.15) is 0 Å². The van der Waals surface area contributed by atoms with Gasteiger partial charge >= 0.3 is 0 Å². The first-order chi connectivity index (χ1) is 11.1. The summed E-state index contributed by atoms with van der Waals surface area (Å²) < 4.78 is 0. The van der Waals surface area contributed by atoms with Crippen LogP contribution in [0.1, 0.15) is 30.4 Å². The molecule has 116 valence electrons. The van der Waals surface area contributed by atoms with Gasteiger partial charge in [-0.05, 0) is 77.3 Å². The van der Waals surface area contributed by atoms with Crippen molar-refractivity contribution in [3.63, 3.8) is 0 Å². The molecule has 0 amide bonds. The number of rotatable bonds is 4. The van der Waals surface area contributed by atoms with Gasteiger partial charge in [-0.25, -0.2) is 0 Å². The fraction of sp³-hybridized carbons (Fsp3) is 0.238. The molecule has 4 rings (SSSR count). The lowest BCUT2D eigenvalue weighted by molar-refractivity contribution is 0.620. The second-order valence-corrected chi connectivity index (χ2v) is 6.84. The predicted molar refractivity (Wildman–Crippen MR) is 98.4 cm³/mol. The van der Waals surface area contributed by atoms with E-state index in [1.807, 2.05) is 24.3 Å². The van der Waals surface area contributed by atoms with Crippen molar-refractivity contribution in [3.05, 3.63) is 71.8 Å². The summed E-state index contributed by atoms with van der Waals surface area (Å²) in [6.07, 6.45) is 4.91. The van der Waals surface area contributed by atoms with E-state index in [0.29, 0.717) is 5.41 Å². The molecule has 0 spiro atoms. The molecule has 1 fully saturated rings. The topological polar surface area (TPSA) is 52.0 Å². The van der Waals surface area contributed by atoms with Crippen LogP contribution in [-0.2, 0) is 11.8 Å². The zero-order valence-electron chi connectivity index (χ0n) is 13.3. The van der Waals surface area contributed by atoms with E-state index in [2.05, 4.69) is 36.4 Å². The molecule has 2 heteroatoms. The Hall–Kier alpha value is -2.48. The van der Waals surface area contributed by atoms with Crippen LogP contribution in [0, 0.1) is 0 Å². The van der Waals surface area contributed by atoms with Crippen LogP contribution in [0.15, 0.2) is 60.7 Å². The smallest absolute Gasteiger partial charge is 0.0320 e. The quantitative estimate of drug-likeness (QED) is 0.688. The molecule has 23 heavy (non-hydrogen) atoms. The van der Waals surface area contributed by atoms with Crippen molar-refractivity contribution in [2.75, 3.05) is 11.5 Å². The molecule has 3 aromatic carbocycles. The van der Waals surface area contributed by atoms with E-state index < -0.39 is 0 Å². The van der Waals surface area contributed by atoms with E-state index in [0.717, 1.165) is 17.8 Å². The largest absolute Gasteiger partial charge is 0.399 e. The number of nitrogens with two attached hydrogens (primary N) is 2. The van der Waals surface area contributed by atoms with Crippen LogP contribution in [0.5, 0.6) is 0 Å². The Morgan fingerprint density at radius 2 is 1.39 bits per heavy atom. The Labute approximate surface area is 137 Å². The highest BCUT2D eigenvalue weighted by molar-refractivity contribution is 5.86. The predicted octanol–water partition coefficient (Wildman–Crippen LogP) is 4.67. The molecule has 0 unspecified atom stereocenters. The molecule has 3 aromatic rings. The minimum Gasteiger partial charge on any atom is -0.399 e. The third kappa shape index (κ3) is 2.77. The summed E-state index contributed by atoms with van der Waals surface area (Å²) in [5, 5.41) is 2.51. The first-order valence-corrected chi connectivity index (χ1v) is 8.29. The van der Waals surface area contributed by atoms with Crippen LogP contribution in [0.2, 0.25) is 0 Å². The molecule has 0 bridgehead atoms. The number of hydrogen-bond acceptors (Lipinski definition) is 2. The number of hydrogen-bond donors (Lipinski definition) is 2. The van der Waals surface area contributed by atoms with E-state index in [-0.39, 0.29) is 0 Å². The molecule has 1 aliphatic rings. The summed E-state index contributed by atoms with van der Waals surface area (Å²) in [5.41, 5.74) is 16.5. The van der Waals surface area contributed by atoms with Crippen molar-refractivity contribution in [1.29, 1.82) is 0 Å². The summed E-state index contributed by atoms with van der Waals surface area (Å²) >= 11 is 0. The van der Waals surface area contributed by atoms with E-state index in [1.54, 1.807) is 0 Å². The molecule has 2 nitrogen and oxygen atoms in total. The molecule has 4 N–H and O–H groups in total. The molecule has 1 aliphatic carbocycles. The molecular formula is C21H22N2. The Balaban J connectivity index is 1.56. The van der Waals surface area contributed by atoms with Gasteiger partial charge in [0.05, 0.1) is 0 Å². The highest BCUT2D eigenvalue weighted by atomic mass is 14.5. The number of fused-ring (bicyclic) bond motifs is 1. The second kappa shape index (κ2) is 5.31. The van der Waals surface area contributed by atoms with E-state index in [1.165, 1.54) is 41.2 Å². The van der Waals surface area contributed by atoms with Gasteiger partial charge in [-0.2, -0.15) is 0 Å². The molecule has 0 aliphatic heterocycles. The molecule has 0 aromatic heterocycles. The van der Waals surface area contributed by atoms with Crippen LogP contribution in [0.25, 0.3) is 10.8 Å². The van der Waals surface area contributed by atoms with Crippen LogP contribution >= 0.6 is 0 Å². The molecule has 1 saturated carbocycles. The summed E-state index contributed by atoms with van der Waals surface area (Å²) in [6, 6.07) is 21.3. The monoisotopic (exact) mass is 302 g/mol. The fourth-order valence-electron chi connectivity index (χ4n) is 3.50. The van der Waals surface area contributed by atoms with Crippen LogP contribution in [0.3, 0.4) is 0 Å². The van der Waals surface area contributed by atoms with Gasteiger partial charge in [0.2, 0.25) is 0 Å². The maximum absolute atomic E-state index is 5.87. The van der Waals surface area contributed by atoms with E-state index in [4.69, 9.17) is 11.5 Å². The van der Waals surface area contributed by atoms with Crippen LogP contribution in [-0.4, -0.2) is 0 Å². The number of nitrogen functional groups attached to an aromatic ring is 2. The average Bonchev–Trinajstić information content (AvgIpc) is 3.35. The Bertz CT molecular complexity index is 845. The lowest BCUT2D eigenvalue weighted by Gasteiger charge is -2.17. The Kier molecular flexibility index (Phi) is 3.26. The normalized spacial score (nSPS) is 15.7. The Morgan fingerprint density at radius 3 is 2.13 bits per heavy atom. The molecular weight excluding hydrogens is 280 g/mol. The summed E-state index contributed by atoms with van der Waals surface area (Å²) in [4.78, 5) is 0. The van der Waals surface area contributed by atoms with Crippen LogP contribution < -0.4 is 11.5 Å². The minimum atomic E-state index is 0.372. The lowest BCUT2D eigenvalue weighted by Crippen LogP contribution is -2.08. The average molecular weight is 302 g/mol. The van der Waals surface area contributed by atoms with Crippen LogP contribution in [0.4, 0.5) is 11.4 Å². The van der Waals surface area contributed by atoms with Gasteiger partial charge in [0.25, 0.3) is 0 Å². The fourth-order valence-corrected chi connectivity index (χ4v) is 3.50. The zero-order valence-corrected chi connectivity index (χ0v) is 13.3. The highest BCUT2D eigenvalue weighted by Crippen LogP contribution is 2.52. The number of benzene rings is 3. The second-order valence-electron chi connectivity index (χ2n) is 6.84. The molecule has 0 radical (unpaired) electrons. The zero-order chi connectivity index (χ0) is 15.9. The lowest BCUT2D eigenvalue weighted by atomic mass is 9.88. The van der Waals surface area contributed by atoms with Gasteiger partial charge in [0.15, 0.2) is 0 Å². The van der Waals surface area contributed by atoms with Crippen molar-refractivity contribution >= 4 is 22.1 Å². The van der Waals surface area contributed by atoms with Crippen molar-refractivity contribution in [2.24, 2.45) is 0 Å². The van der Waals surface area contributed by atoms with Gasteiger partial charge in [-0.1, -0.05) is 36.4 Å². The van der Waals surface area contributed by atoms with E-state index >= 15 is 0 Å². The SMILES string of the molecule is Nc1ccc(CCC2(c3ccc4cc(N)ccc4c3)CC2)cc1. The number of anilines is 2. The highest BCUT2D eigenvalue weighted by Gasteiger charge is 2.43. The van der Waals surface area contributed by atoms with Gasteiger partial charge in [-0.15, -0.1) is 0 Å². The summed E-state index contributed by atoms with van der Waals surface area (Å²) in [7, 11) is 0. The summed E-state index contributed by atoms with van der Waals surface area (Å²) in [5.74, 6) is 0. The van der Waals surface area contributed by atoms with Crippen molar-refractivity contribution in [2.45, 2.75) is 31.1 Å². The third-order valence-corrected chi connectivity index (χ3v) is 5.20.